The molecule has 0 aliphatic heterocycles. The SMILES string of the molecule is CCN(C(=O)Cn1nc2c(-c3nc(-c4ccc(Cl)cc4)no3)cccn2c1=O)c1cccc(C)c1. The van der Waals surface area contributed by atoms with E-state index in [0.29, 0.717) is 28.6 Å². The van der Waals surface area contributed by atoms with E-state index in [0.717, 1.165) is 21.5 Å². The molecule has 1 amide bonds. The monoisotopic (exact) mass is 488 g/mol. The molecule has 5 aromatic rings. The molecule has 0 saturated heterocycles. The van der Waals surface area contributed by atoms with Gasteiger partial charge in [0.25, 0.3) is 5.89 Å². The molecule has 0 radical (unpaired) electrons. The normalized spacial score (nSPS) is 11.2. The van der Waals surface area contributed by atoms with Crippen molar-refractivity contribution in [3.63, 3.8) is 0 Å². The number of fused-ring (bicyclic) bond motifs is 1. The summed E-state index contributed by atoms with van der Waals surface area (Å²) in [5, 5.41) is 9.07. The van der Waals surface area contributed by atoms with Crippen LogP contribution in [-0.4, -0.2) is 36.8 Å². The van der Waals surface area contributed by atoms with Crippen molar-refractivity contribution >= 4 is 28.8 Å². The number of nitrogens with zero attached hydrogens (tertiary/aromatic N) is 6. The van der Waals surface area contributed by atoms with Crippen LogP contribution in [0.15, 0.2) is 76.2 Å². The molecule has 0 bridgehead atoms. The summed E-state index contributed by atoms with van der Waals surface area (Å²) in [6.07, 6.45) is 1.59. The van der Waals surface area contributed by atoms with Crippen LogP contribution in [0, 0.1) is 6.92 Å². The highest BCUT2D eigenvalue weighted by Gasteiger charge is 2.21. The van der Waals surface area contributed by atoms with E-state index in [-0.39, 0.29) is 18.3 Å². The maximum absolute atomic E-state index is 13.1. The van der Waals surface area contributed by atoms with Gasteiger partial charge in [-0.15, -0.1) is 5.10 Å². The van der Waals surface area contributed by atoms with Crippen LogP contribution in [-0.2, 0) is 11.3 Å². The van der Waals surface area contributed by atoms with Crippen LogP contribution in [0.3, 0.4) is 0 Å². The molecule has 3 aromatic heterocycles. The van der Waals surface area contributed by atoms with Crippen LogP contribution >= 0.6 is 11.6 Å². The van der Waals surface area contributed by atoms with Gasteiger partial charge in [0.1, 0.15) is 6.54 Å². The first-order chi connectivity index (χ1) is 16.9. The van der Waals surface area contributed by atoms with E-state index in [1.54, 1.807) is 47.5 Å². The van der Waals surface area contributed by atoms with Crippen LogP contribution in [0.4, 0.5) is 5.69 Å². The highest BCUT2D eigenvalue weighted by atomic mass is 35.5. The fourth-order valence-electron chi connectivity index (χ4n) is 3.87. The van der Waals surface area contributed by atoms with Gasteiger partial charge in [-0.3, -0.25) is 4.79 Å². The zero-order chi connectivity index (χ0) is 24.5. The minimum atomic E-state index is -0.437. The molecule has 0 saturated carbocycles. The smallest absolute Gasteiger partial charge is 0.333 e. The van der Waals surface area contributed by atoms with Gasteiger partial charge in [-0.05, 0) is 67.9 Å². The highest BCUT2D eigenvalue weighted by molar-refractivity contribution is 6.30. The van der Waals surface area contributed by atoms with Crippen molar-refractivity contribution in [1.29, 1.82) is 0 Å². The number of aromatic nitrogens is 5. The van der Waals surface area contributed by atoms with Crippen molar-refractivity contribution < 1.29 is 9.32 Å². The van der Waals surface area contributed by atoms with E-state index < -0.39 is 5.69 Å². The lowest BCUT2D eigenvalue weighted by atomic mass is 10.2. The van der Waals surface area contributed by atoms with Crippen molar-refractivity contribution in [3.8, 4) is 22.8 Å². The van der Waals surface area contributed by atoms with E-state index in [2.05, 4.69) is 15.2 Å². The lowest BCUT2D eigenvalue weighted by molar-refractivity contribution is -0.119. The number of anilines is 1. The minimum Gasteiger partial charge on any atom is -0.333 e. The second kappa shape index (κ2) is 9.19. The third-order valence-electron chi connectivity index (χ3n) is 5.58. The van der Waals surface area contributed by atoms with Crippen molar-refractivity contribution in [2.45, 2.75) is 20.4 Å². The standard InChI is InChI=1S/C25H21ClN6O3/c1-3-30(19-7-4-6-16(2)14-19)21(33)15-32-25(34)31-13-5-8-20(23(31)28-32)24-27-22(29-35-24)17-9-11-18(26)12-10-17/h4-14H,3,15H2,1-2H3. The number of pyridine rings is 1. The van der Waals surface area contributed by atoms with E-state index in [1.807, 2.05) is 38.1 Å². The Bertz CT molecular complexity index is 1590. The third kappa shape index (κ3) is 4.33. The van der Waals surface area contributed by atoms with Crippen molar-refractivity contribution in [3.05, 3.63) is 87.9 Å². The Balaban J connectivity index is 1.48. The summed E-state index contributed by atoms with van der Waals surface area (Å²) in [5.74, 6) is 0.347. The Morgan fingerprint density at radius 2 is 1.91 bits per heavy atom. The zero-order valence-corrected chi connectivity index (χ0v) is 19.8. The number of hydrogen-bond donors (Lipinski definition) is 0. The number of benzene rings is 2. The van der Waals surface area contributed by atoms with Gasteiger partial charge in [-0.2, -0.15) is 4.98 Å². The Kier molecular flexibility index (Phi) is 5.92. The number of amides is 1. The van der Waals surface area contributed by atoms with Gasteiger partial charge in [0, 0.05) is 29.0 Å². The fourth-order valence-corrected chi connectivity index (χ4v) is 4.00. The molecule has 0 atom stereocenters. The average molecular weight is 489 g/mol. The van der Waals surface area contributed by atoms with Crippen LogP contribution in [0.2, 0.25) is 5.02 Å². The lowest BCUT2D eigenvalue weighted by Crippen LogP contribution is -2.36. The molecule has 0 spiro atoms. The first-order valence-electron chi connectivity index (χ1n) is 11.0. The summed E-state index contributed by atoms with van der Waals surface area (Å²) in [6, 6.07) is 18.1. The molecule has 2 aromatic carbocycles. The zero-order valence-electron chi connectivity index (χ0n) is 19.1. The number of hydrogen-bond acceptors (Lipinski definition) is 6. The third-order valence-corrected chi connectivity index (χ3v) is 5.84. The Hall–Kier alpha value is -4.24. The van der Waals surface area contributed by atoms with Gasteiger partial charge >= 0.3 is 5.69 Å². The molecule has 9 nitrogen and oxygen atoms in total. The summed E-state index contributed by atoms with van der Waals surface area (Å²) >= 11 is 5.95. The topological polar surface area (TPSA) is 98.5 Å². The Labute approximate surface area is 205 Å². The second-order valence-electron chi connectivity index (χ2n) is 7.96. The first-order valence-corrected chi connectivity index (χ1v) is 11.4. The second-order valence-corrected chi connectivity index (χ2v) is 8.40. The summed E-state index contributed by atoms with van der Waals surface area (Å²) < 4.78 is 7.97. The highest BCUT2D eigenvalue weighted by Crippen LogP contribution is 2.25. The van der Waals surface area contributed by atoms with Gasteiger partial charge < -0.3 is 9.42 Å². The summed E-state index contributed by atoms with van der Waals surface area (Å²) in [5.41, 5.74) is 2.91. The number of carbonyl (C=O) groups is 1. The van der Waals surface area contributed by atoms with E-state index in [9.17, 15) is 9.59 Å². The largest absolute Gasteiger partial charge is 0.350 e. The molecule has 0 fully saturated rings. The fraction of sp³-hybridized carbons (Fsp3) is 0.160. The molecule has 0 aliphatic carbocycles. The first kappa shape index (κ1) is 22.5. The van der Waals surface area contributed by atoms with Crippen molar-refractivity contribution in [1.82, 2.24) is 24.3 Å². The lowest BCUT2D eigenvalue weighted by Gasteiger charge is -2.21. The molecule has 10 heteroatoms. The van der Waals surface area contributed by atoms with Crippen LogP contribution in [0.1, 0.15) is 12.5 Å². The molecule has 35 heavy (non-hydrogen) atoms. The van der Waals surface area contributed by atoms with Gasteiger partial charge in [0.05, 0.1) is 5.56 Å². The van der Waals surface area contributed by atoms with Crippen LogP contribution in [0.25, 0.3) is 28.5 Å². The van der Waals surface area contributed by atoms with E-state index in [4.69, 9.17) is 16.1 Å². The molecule has 5 rings (SSSR count). The van der Waals surface area contributed by atoms with E-state index in [1.165, 1.54) is 4.40 Å². The Morgan fingerprint density at radius 1 is 1.11 bits per heavy atom. The predicted octanol–water partition coefficient (Wildman–Crippen LogP) is 4.23. The maximum atomic E-state index is 13.1. The summed E-state index contributed by atoms with van der Waals surface area (Å²) in [6.45, 7) is 4.11. The molecule has 0 unspecified atom stereocenters. The molecule has 176 valence electrons. The number of halogens is 1. The van der Waals surface area contributed by atoms with Gasteiger partial charge in [0.2, 0.25) is 11.7 Å². The van der Waals surface area contributed by atoms with Crippen molar-refractivity contribution in [2.24, 2.45) is 0 Å². The van der Waals surface area contributed by atoms with Crippen molar-refractivity contribution in [2.75, 3.05) is 11.4 Å². The Morgan fingerprint density at radius 3 is 2.66 bits per heavy atom. The molecular formula is C25H21ClN6O3. The maximum Gasteiger partial charge on any atom is 0.350 e. The predicted molar refractivity (Wildman–Crippen MR) is 132 cm³/mol. The quantitative estimate of drug-likeness (QED) is 0.355. The summed E-state index contributed by atoms with van der Waals surface area (Å²) in [4.78, 5) is 32.2. The van der Waals surface area contributed by atoms with Gasteiger partial charge in [-0.1, -0.05) is 28.9 Å². The molecular weight excluding hydrogens is 468 g/mol. The molecule has 0 N–H and O–H groups in total. The molecule has 0 aliphatic rings. The number of aryl methyl sites for hydroxylation is 1. The molecule has 3 heterocycles. The van der Waals surface area contributed by atoms with E-state index >= 15 is 0 Å². The minimum absolute atomic E-state index is 0.207. The average Bonchev–Trinajstić information content (AvgIpc) is 3.46. The number of rotatable bonds is 6. The number of likely N-dealkylation sites (N-methyl/N-ethyl adjacent to an activating group) is 1. The summed E-state index contributed by atoms with van der Waals surface area (Å²) in [7, 11) is 0. The van der Waals surface area contributed by atoms with Crippen LogP contribution in [0.5, 0.6) is 0 Å². The van der Waals surface area contributed by atoms with Crippen LogP contribution < -0.4 is 10.6 Å². The van der Waals surface area contributed by atoms with Gasteiger partial charge in [0.15, 0.2) is 5.65 Å². The van der Waals surface area contributed by atoms with Gasteiger partial charge in [-0.25, -0.2) is 13.9 Å². The number of carbonyl (C=O) groups excluding carboxylic acids is 1.